The Morgan fingerprint density at radius 2 is 2.23 bits per heavy atom. The number of aryl methyl sites for hydroxylation is 1. The second-order valence-electron chi connectivity index (χ2n) is 5.66. The van der Waals surface area contributed by atoms with Gasteiger partial charge in [0.1, 0.15) is 6.61 Å². The molecule has 6 heteroatoms. The fourth-order valence-corrected chi connectivity index (χ4v) is 3.72. The number of amides is 1. The number of halogens is 2. The third kappa shape index (κ3) is 2.16. The van der Waals surface area contributed by atoms with Crippen LogP contribution in [0.25, 0.3) is 10.9 Å². The molecule has 2 heterocycles. The van der Waals surface area contributed by atoms with E-state index in [0.717, 1.165) is 16.6 Å². The first-order valence-corrected chi connectivity index (χ1v) is 8.17. The summed E-state index contributed by atoms with van der Waals surface area (Å²) in [7, 11) is 0. The van der Waals surface area contributed by atoms with Gasteiger partial charge in [0.05, 0.1) is 9.99 Å². The van der Waals surface area contributed by atoms with Crippen LogP contribution in [0.1, 0.15) is 25.1 Å². The van der Waals surface area contributed by atoms with Crippen LogP contribution in [0.2, 0.25) is 0 Å². The number of carbonyl (C=O) groups excluding carboxylic acids is 1. The maximum Gasteiger partial charge on any atom is 0.248 e. The largest absolute Gasteiger partial charge is 0.387 e. The van der Waals surface area contributed by atoms with Gasteiger partial charge in [0.25, 0.3) is 0 Å². The van der Waals surface area contributed by atoms with Gasteiger partial charge in [-0.15, -0.1) is 0 Å². The van der Waals surface area contributed by atoms with Crippen molar-refractivity contribution in [3.8, 4) is 0 Å². The number of aromatic nitrogens is 1. The molecule has 3 rings (SSSR count). The third-order valence-electron chi connectivity index (χ3n) is 4.46. The van der Waals surface area contributed by atoms with Gasteiger partial charge in [-0.05, 0) is 35.8 Å². The second-order valence-corrected chi connectivity index (χ2v) is 6.51. The molecule has 0 unspecified atom stereocenters. The molecule has 1 amide bonds. The molecule has 0 bridgehead atoms. The fourth-order valence-electron chi connectivity index (χ4n) is 3.40. The lowest BCUT2D eigenvalue weighted by molar-refractivity contribution is -0.137. The number of benzene rings is 1. The van der Waals surface area contributed by atoms with Gasteiger partial charge in [-0.3, -0.25) is 4.79 Å². The first kappa shape index (κ1) is 15.5. The molecule has 0 saturated carbocycles. The summed E-state index contributed by atoms with van der Waals surface area (Å²) < 4.78 is 17.0. The highest BCUT2D eigenvalue weighted by molar-refractivity contribution is 9.10. The summed E-state index contributed by atoms with van der Waals surface area (Å²) >= 11 is 3.25. The van der Waals surface area contributed by atoms with Gasteiger partial charge in [-0.25, -0.2) is 4.39 Å². The van der Waals surface area contributed by atoms with Gasteiger partial charge in [0.2, 0.25) is 5.91 Å². The Hall–Kier alpha value is -1.40. The molecular formula is C16H18BrFN2O2. The average Bonchev–Trinajstić information content (AvgIpc) is 2.82. The molecule has 118 valence electrons. The SMILES string of the molecule is CCn1c2c(c3ccc(Br)c(F)c31)CN(C(=O)CO)[C@H](C)C2. The van der Waals surface area contributed by atoms with Crippen molar-refractivity contribution >= 4 is 32.7 Å². The molecule has 1 N–H and O–H groups in total. The molecule has 0 fully saturated rings. The van der Waals surface area contributed by atoms with Crippen LogP contribution in [0.3, 0.4) is 0 Å². The minimum atomic E-state index is -0.494. The summed E-state index contributed by atoms with van der Waals surface area (Å²) in [6.45, 7) is 4.56. The van der Waals surface area contributed by atoms with Crippen LogP contribution in [0.4, 0.5) is 4.39 Å². The van der Waals surface area contributed by atoms with Crippen molar-refractivity contribution in [1.29, 1.82) is 0 Å². The van der Waals surface area contributed by atoms with E-state index in [0.29, 0.717) is 29.5 Å². The highest BCUT2D eigenvalue weighted by Crippen LogP contribution is 2.36. The van der Waals surface area contributed by atoms with Gasteiger partial charge in [0.15, 0.2) is 5.82 Å². The predicted molar refractivity (Wildman–Crippen MR) is 86.1 cm³/mol. The lowest BCUT2D eigenvalue weighted by Crippen LogP contribution is -2.44. The predicted octanol–water partition coefficient (Wildman–Crippen LogP) is 2.83. The maximum absolute atomic E-state index is 14.6. The molecule has 1 aliphatic rings. The summed E-state index contributed by atoms with van der Waals surface area (Å²) in [6.07, 6.45) is 0.667. The van der Waals surface area contributed by atoms with Crippen molar-refractivity contribution in [2.24, 2.45) is 0 Å². The van der Waals surface area contributed by atoms with Crippen molar-refractivity contribution in [1.82, 2.24) is 9.47 Å². The average molecular weight is 369 g/mol. The Morgan fingerprint density at radius 1 is 1.50 bits per heavy atom. The number of carbonyl (C=O) groups is 1. The van der Waals surface area contributed by atoms with E-state index in [4.69, 9.17) is 5.11 Å². The van der Waals surface area contributed by atoms with Gasteiger partial charge < -0.3 is 14.6 Å². The number of aliphatic hydroxyl groups excluding tert-OH is 1. The van der Waals surface area contributed by atoms with Crippen LogP contribution >= 0.6 is 15.9 Å². The molecule has 0 saturated heterocycles. The van der Waals surface area contributed by atoms with E-state index in [1.165, 1.54) is 0 Å². The highest BCUT2D eigenvalue weighted by atomic mass is 79.9. The van der Waals surface area contributed by atoms with Crippen molar-refractivity contribution in [2.45, 2.75) is 39.4 Å². The van der Waals surface area contributed by atoms with Crippen molar-refractivity contribution in [3.05, 3.63) is 33.7 Å². The molecule has 0 aliphatic carbocycles. The van der Waals surface area contributed by atoms with Gasteiger partial charge >= 0.3 is 0 Å². The minimum absolute atomic E-state index is 0.00624. The van der Waals surface area contributed by atoms with Crippen molar-refractivity contribution in [3.63, 3.8) is 0 Å². The van der Waals surface area contributed by atoms with E-state index in [9.17, 15) is 9.18 Å². The summed E-state index contributed by atoms with van der Waals surface area (Å²) in [5.41, 5.74) is 2.67. The van der Waals surface area contributed by atoms with E-state index in [2.05, 4.69) is 15.9 Å². The van der Waals surface area contributed by atoms with E-state index in [-0.39, 0.29) is 17.8 Å². The molecule has 22 heavy (non-hydrogen) atoms. The van der Waals surface area contributed by atoms with Crippen LogP contribution in [-0.4, -0.2) is 33.1 Å². The fraction of sp³-hybridized carbons (Fsp3) is 0.438. The monoisotopic (exact) mass is 368 g/mol. The normalized spacial score (nSPS) is 17.9. The van der Waals surface area contributed by atoms with Gasteiger partial charge in [-0.1, -0.05) is 6.07 Å². The molecule has 1 aliphatic heterocycles. The summed E-state index contributed by atoms with van der Waals surface area (Å²) in [5.74, 6) is -0.547. The van der Waals surface area contributed by atoms with E-state index in [1.54, 1.807) is 11.0 Å². The lowest BCUT2D eigenvalue weighted by Gasteiger charge is -2.34. The highest BCUT2D eigenvalue weighted by Gasteiger charge is 2.31. The van der Waals surface area contributed by atoms with Gasteiger partial charge in [0, 0.05) is 42.2 Å². The van der Waals surface area contributed by atoms with Gasteiger partial charge in [-0.2, -0.15) is 0 Å². The zero-order chi connectivity index (χ0) is 16.0. The topological polar surface area (TPSA) is 45.5 Å². The maximum atomic E-state index is 14.6. The summed E-state index contributed by atoms with van der Waals surface area (Å²) in [6, 6.07) is 3.59. The number of hydrogen-bond donors (Lipinski definition) is 1. The summed E-state index contributed by atoms with van der Waals surface area (Å²) in [4.78, 5) is 13.6. The molecule has 1 aromatic carbocycles. The molecular weight excluding hydrogens is 351 g/mol. The molecule has 1 aromatic heterocycles. The molecule has 1 atom stereocenters. The van der Waals surface area contributed by atoms with Crippen LogP contribution in [0.15, 0.2) is 16.6 Å². The zero-order valence-electron chi connectivity index (χ0n) is 12.6. The van der Waals surface area contributed by atoms with Crippen molar-refractivity contribution in [2.75, 3.05) is 6.61 Å². The standard InChI is InChI=1S/C16H18BrFN2O2/c1-3-19-13-6-9(2)20(14(22)8-21)7-11(13)10-4-5-12(17)15(18)16(10)19/h4-5,9,21H,3,6-8H2,1-2H3/t9-/m1/s1. The smallest absolute Gasteiger partial charge is 0.248 e. The van der Waals surface area contributed by atoms with E-state index >= 15 is 0 Å². The minimum Gasteiger partial charge on any atom is -0.387 e. The summed E-state index contributed by atoms with van der Waals surface area (Å²) in [5, 5.41) is 9.98. The molecule has 4 nitrogen and oxygen atoms in total. The number of fused-ring (bicyclic) bond motifs is 3. The van der Waals surface area contributed by atoms with Crippen LogP contribution in [0.5, 0.6) is 0 Å². The molecule has 0 radical (unpaired) electrons. The second kappa shape index (κ2) is 5.66. The van der Waals surface area contributed by atoms with Crippen LogP contribution in [-0.2, 0) is 24.3 Å². The first-order chi connectivity index (χ1) is 10.5. The third-order valence-corrected chi connectivity index (χ3v) is 5.07. The molecule has 2 aromatic rings. The first-order valence-electron chi connectivity index (χ1n) is 7.37. The Morgan fingerprint density at radius 3 is 2.86 bits per heavy atom. The number of aliphatic hydroxyl groups is 1. The Balaban J connectivity index is 2.23. The van der Waals surface area contributed by atoms with E-state index < -0.39 is 6.61 Å². The Labute approximate surface area is 136 Å². The Bertz CT molecular complexity index is 756. The number of rotatable bonds is 2. The number of hydrogen-bond acceptors (Lipinski definition) is 2. The molecule has 0 spiro atoms. The van der Waals surface area contributed by atoms with E-state index in [1.807, 2.05) is 24.5 Å². The quantitative estimate of drug-likeness (QED) is 0.885. The Kier molecular flexibility index (Phi) is 3.99. The van der Waals surface area contributed by atoms with Crippen LogP contribution in [0, 0.1) is 5.82 Å². The lowest BCUT2D eigenvalue weighted by atomic mass is 9.99. The van der Waals surface area contributed by atoms with Crippen molar-refractivity contribution < 1.29 is 14.3 Å². The number of nitrogens with zero attached hydrogens (tertiary/aromatic N) is 2. The van der Waals surface area contributed by atoms with Crippen LogP contribution < -0.4 is 0 Å². The zero-order valence-corrected chi connectivity index (χ0v) is 14.2.